The van der Waals surface area contributed by atoms with E-state index in [2.05, 4.69) is 26.2 Å². The maximum absolute atomic E-state index is 12.5. The number of carbonyl (C=O) groups is 1. The van der Waals surface area contributed by atoms with Gasteiger partial charge in [-0.3, -0.25) is 4.79 Å². The van der Waals surface area contributed by atoms with Gasteiger partial charge in [-0.1, -0.05) is 0 Å². The first-order chi connectivity index (χ1) is 8.75. The molecule has 18 heavy (non-hydrogen) atoms. The topological polar surface area (TPSA) is 45.2 Å². The lowest BCUT2D eigenvalue weighted by Crippen LogP contribution is -2.48. The van der Waals surface area contributed by atoms with Crippen LogP contribution in [0.3, 0.4) is 0 Å². The summed E-state index contributed by atoms with van der Waals surface area (Å²) in [5.74, 6) is 0.694. The van der Waals surface area contributed by atoms with Crippen molar-refractivity contribution >= 4 is 21.8 Å². The molecule has 2 saturated heterocycles. The number of aromatic nitrogens is 1. The minimum absolute atomic E-state index is 0.0703. The van der Waals surface area contributed by atoms with Crippen LogP contribution >= 0.6 is 15.9 Å². The molecule has 1 N–H and O–H groups in total. The first kappa shape index (κ1) is 12.1. The SMILES string of the molecule is O=C(c1ccc(Br)cn1)N1CCCC2CNCC21. The number of pyridine rings is 1. The first-order valence-corrected chi connectivity index (χ1v) is 7.18. The summed E-state index contributed by atoms with van der Waals surface area (Å²) in [4.78, 5) is 18.7. The van der Waals surface area contributed by atoms with Gasteiger partial charge in [0.1, 0.15) is 5.69 Å². The lowest BCUT2D eigenvalue weighted by atomic mass is 9.92. The third kappa shape index (κ3) is 2.17. The van der Waals surface area contributed by atoms with E-state index in [0.29, 0.717) is 17.7 Å². The molecule has 0 radical (unpaired) electrons. The average molecular weight is 310 g/mol. The summed E-state index contributed by atoms with van der Waals surface area (Å²) in [6, 6.07) is 4.02. The van der Waals surface area contributed by atoms with Crippen LogP contribution in [-0.2, 0) is 0 Å². The van der Waals surface area contributed by atoms with Crippen molar-refractivity contribution < 1.29 is 4.79 Å². The molecular weight excluding hydrogens is 294 g/mol. The van der Waals surface area contributed by atoms with Gasteiger partial charge in [0.2, 0.25) is 0 Å². The van der Waals surface area contributed by atoms with E-state index >= 15 is 0 Å². The van der Waals surface area contributed by atoms with Crippen LogP contribution < -0.4 is 5.32 Å². The van der Waals surface area contributed by atoms with Crippen molar-refractivity contribution in [3.63, 3.8) is 0 Å². The van der Waals surface area contributed by atoms with Gasteiger partial charge >= 0.3 is 0 Å². The monoisotopic (exact) mass is 309 g/mol. The molecule has 2 atom stereocenters. The third-order valence-electron chi connectivity index (χ3n) is 3.89. The van der Waals surface area contributed by atoms with Gasteiger partial charge in [-0.25, -0.2) is 4.98 Å². The minimum Gasteiger partial charge on any atom is -0.333 e. The molecule has 2 aliphatic heterocycles. The molecule has 0 spiro atoms. The number of nitrogens with zero attached hydrogens (tertiary/aromatic N) is 2. The molecule has 3 rings (SSSR count). The molecular formula is C13H16BrN3O. The quantitative estimate of drug-likeness (QED) is 0.858. The maximum atomic E-state index is 12.5. The number of fused-ring (bicyclic) bond motifs is 1. The Labute approximate surface area is 115 Å². The fourth-order valence-corrected chi connectivity index (χ4v) is 3.20. The second kappa shape index (κ2) is 4.97. The van der Waals surface area contributed by atoms with Crippen LogP contribution in [0.2, 0.25) is 0 Å². The Morgan fingerprint density at radius 3 is 3.11 bits per heavy atom. The molecule has 3 heterocycles. The summed E-state index contributed by atoms with van der Waals surface area (Å²) in [6.07, 6.45) is 4.02. The second-order valence-electron chi connectivity index (χ2n) is 4.99. The van der Waals surface area contributed by atoms with Gasteiger partial charge in [-0.05, 0) is 46.8 Å². The predicted molar refractivity (Wildman–Crippen MR) is 72.4 cm³/mol. The van der Waals surface area contributed by atoms with E-state index in [-0.39, 0.29) is 5.91 Å². The molecule has 2 unspecified atom stereocenters. The van der Waals surface area contributed by atoms with E-state index in [0.717, 1.165) is 30.5 Å². The van der Waals surface area contributed by atoms with Crippen molar-refractivity contribution in [3.05, 3.63) is 28.5 Å². The first-order valence-electron chi connectivity index (χ1n) is 6.39. The van der Waals surface area contributed by atoms with E-state index in [1.165, 1.54) is 6.42 Å². The van der Waals surface area contributed by atoms with Crippen LogP contribution in [0, 0.1) is 5.92 Å². The van der Waals surface area contributed by atoms with Crippen LogP contribution in [0.4, 0.5) is 0 Å². The molecule has 4 nitrogen and oxygen atoms in total. The van der Waals surface area contributed by atoms with E-state index in [1.54, 1.807) is 12.3 Å². The van der Waals surface area contributed by atoms with E-state index < -0.39 is 0 Å². The van der Waals surface area contributed by atoms with Gasteiger partial charge in [0.25, 0.3) is 5.91 Å². The Morgan fingerprint density at radius 2 is 2.33 bits per heavy atom. The van der Waals surface area contributed by atoms with Gasteiger partial charge in [0.05, 0.1) is 0 Å². The zero-order valence-electron chi connectivity index (χ0n) is 10.1. The predicted octanol–water partition coefficient (Wildman–Crippen LogP) is 1.67. The van der Waals surface area contributed by atoms with Crippen molar-refractivity contribution in [2.24, 2.45) is 5.92 Å². The number of hydrogen-bond acceptors (Lipinski definition) is 3. The van der Waals surface area contributed by atoms with Crippen molar-refractivity contribution in [3.8, 4) is 0 Å². The Morgan fingerprint density at radius 1 is 1.44 bits per heavy atom. The summed E-state index contributed by atoms with van der Waals surface area (Å²) in [6.45, 7) is 2.83. The highest BCUT2D eigenvalue weighted by Crippen LogP contribution is 2.27. The zero-order valence-corrected chi connectivity index (χ0v) is 11.7. The number of rotatable bonds is 1. The maximum Gasteiger partial charge on any atom is 0.272 e. The Hall–Kier alpha value is -0.940. The summed E-state index contributed by atoms with van der Waals surface area (Å²) in [5.41, 5.74) is 0.547. The normalized spacial score (nSPS) is 27.1. The molecule has 1 aromatic heterocycles. The number of likely N-dealkylation sites (tertiary alicyclic amines) is 1. The van der Waals surface area contributed by atoms with Crippen molar-refractivity contribution in [2.75, 3.05) is 19.6 Å². The molecule has 1 amide bonds. The van der Waals surface area contributed by atoms with E-state index in [1.807, 2.05) is 11.0 Å². The van der Waals surface area contributed by atoms with Crippen LogP contribution in [0.5, 0.6) is 0 Å². The van der Waals surface area contributed by atoms with Gasteiger partial charge < -0.3 is 10.2 Å². The summed E-state index contributed by atoms with van der Waals surface area (Å²) < 4.78 is 0.901. The number of halogens is 1. The smallest absolute Gasteiger partial charge is 0.272 e. The molecule has 5 heteroatoms. The van der Waals surface area contributed by atoms with Crippen LogP contribution in [-0.4, -0.2) is 41.5 Å². The largest absolute Gasteiger partial charge is 0.333 e. The fourth-order valence-electron chi connectivity index (χ4n) is 2.97. The van der Waals surface area contributed by atoms with Crippen molar-refractivity contribution in [2.45, 2.75) is 18.9 Å². The molecule has 0 aromatic carbocycles. The van der Waals surface area contributed by atoms with Crippen LogP contribution in [0.15, 0.2) is 22.8 Å². The Bertz CT molecular complexity index is 448. The summed E-state index contributed by atoms with van der Waals surface area (Å²) in [5, 5.41) is 3.39. The number of hydrogen-bond donors (Lipinski definition) is 1. The molecule has 0 bridgehead atoms. The standard InChI is InChI=1S/C13H16BrN3O/c14-10-3-4-11(16-7-10)13(18)17-5-1-2-9-6-15-8-12(9)17/h3-4,7,9,12,15H,1-2,5-6,8H2. The third-order valence-corrected chi connectivity index (χ3v) is 4.35. The average Bonchev–Trinajstić information content (AvgIpc) is 2.87. The molecule has 0 aliphatic carbocycles. The van der Waals surface area contributed by atoms with E-state index in [9.17, 15) is 4.79 Å². The highest BCUT2D eigenvalue weighted by Gasteiger charge is 2.37. The van der Waals surface area contributed by atoms with Gasteiger partial charge in [0.15, 0.2) is 0 Å². The molecule has 96 valence electrons. The molecule has 2 aliphatic rings. The zero-order chi connectivity index (χ0) is 12.5. The van der Waals surface area contributed by atoms with Gasteiger partial charge in [0, 0.05) is 36.3 Å². The number of piperidine rings is 1. The lowest BCUT2D eigenvalue weighted by Gasteiger charge is -2.36. The summed E-state index contributed by atoms with van der Waals surface area (Å²) in [7, 11) is 0. The van der Waals surface area contributed by atoms with Crippen molar-refractivity contribution in [1.82, 2.24) is 15.2 Å². The number of amides is 1. The molecule has 0 saturated carbocycles. The highest BCUT2D eigenvalue weighted by atomic mass is 79.9. The van der Waals surface area contributed by atoms with Crippen molar-refractivity contribution in [1.29, 1.82) is 0 Å². The number of carbonyl (C=O) groups excluding carboxylic acids is 1. The Balaban J connectivity index is 1.81. The van der Waals surface area contributed by atoms with E-state index in [4.69, 9.17) is 0 Å². The molecule has 1 aromatic rings. The lowest BCUT2D eigenvalue weighted by molar-refractivity contribution is 0.0569. The minimum atomic E-state index is 0.0703. The second-order valence-corrected chi connectivity index (χ2v) is 5.90. The molecule has 2 fully saturated rings. The summed E-state index contributed by atoms with van der Waals surface area (Å²) >= 11 is 3.34. The van der Waals surface area contributed by atoms with Crippen LogP contribution in [0.1, 0.15) is 23.3 Å². The fraction of sp³-hybridized carbons (Fsp3) is 0.538. The van der Waals surface area contributed by atoms with Gasteiger partial charge in [-0.2, -0.15) is 0 Å². The Kier molecular flexibility index (Phi) is 3.35. The highest BCUT2D eigenvalue weighted by molar-refractivity contribution is 9.10. The van der Waals surface area contributed by atoms with Gasteiger partial charge in [-0.15, -0.1) is 0 Å². The number of nitrogens with one attached hydrogen (secondary N) is 1. The van der Waals surface area contributed by atoms with Crippen LogP contribution in [0.25, 0.3) is 0 Å².